The molecule has 2 aromatic heterocycles. The highest BCUT2D eigenvalue weighted by molar-refractivity contribution is 5.94. The smallest absolute Gasteiger partial charge is 0.141 e. The Morgan fingerprint density at radius 3 is 2.77 bits per heavy atom. The Balaban J connectivity index is 1.52. The maximum atomic E-state index is 8.99. The monoisotopic (exact) mass is 403 g/mol. The van der Waals surface area contributed by atoms with E-state index in [1.807, 2.05) is 30.5 Å². The van der Waals surface area contributed by atoms with Crippen molar-refractivity contribution in [3.63, 3.8) is 0 Å². The van der Waals surface area contributed by atoms with Gasteiger partial charge in [0.2, 0.25) is 0 Å². The highest BCUT2D eigenvalue weighted by Crippen LogP contribution is 2.31. The van der Waals surface area contributed by atoms with Crippen molar-refractivity contribution in [3.8, 4) is 17.2 Å². The number of nitrogens with zero attached hydrogens (tertiary/aromatic N) is 4. The Bertz CT molecular complexity index is 1390. The van der Waals surface area contributed by atoms with Crippen LogP contribution in [-0.2, 0) is 0 Å². The fraction of sp³-hybridized carbons (Fsp3) is 0.154. The molecule has 1 atom stereocenters. The van der Waals surface area contributed by atoms with Gasteiger partial charge in [0.15, 0.2) is 0 Å². The van der Waals surface area contributed by atoms with Crippen LogP contribution in [0.3, 0.4) is 0 Å². The lowest BCUT2D eigenvalue weighted by Gasteiger charge is -2.21. The number of nitrogens with one attached hydrogen (secondary N) is 1. The van der Waals surface area contributed by atoms with E-state index in [0.717, 1.165) is 50.9 Å². The van der Waals surface area contributed by atoms with Gasteiger partial charge in [-0.2, -0.15) is 5.26 Å². The van der Waals surface area contributed by atoms with Gasteiger partial charge in [0.1, 0.15) is 12.1 Å². The van der Waals surface area contributed by atoms with Gasteiger partial charge < -0.3 is 5.32 Å². The summed E-state index contributed by atoms with van der Waals surface area (Å²) in [4.78, 5) is 13.5. The summed E-state index contributed by atoms with van der Waals surface area (Å²) in [6.07, 6.45) is 8.93. The number of aromatic nitrogens is 3. The van der Waals surface area contributed by atoms with Gasteiger partial charge >= 0.3 is 0 Å². The normalized spacial score (nSPS) is 15.9. The summed E-state index contributed by atoms with van der Waals surface area (Å²) in [5, 5.41) is 14.6. The number of nitriles is 1. The fourth-order valence-corrected chi connectivity index (χ4v) is 4.03. The topological polar surface area (TPSA) is 74.5 Å². The van der Waals surface area contributed by atoms with E-state index in [2.05, 4.69) is 69.7 Å². The molecule has 5 heteroatoms. The minimum absolute atomic E-state index is 0.333. The van der Waals surface area contributed by atoms with E-state index in [9.17, 15) is 0 Å². The van der Waals surface area contributed by atoms with E-state index in [1.165, 1.54) is 5.57 Å². The van der Waals surface area contributed by atoms with Crippen molar-refractivity contribution in [2.75, 3.05) is 5.32 Å². The van der Waals surface area contributed by atoms with Crippen LogP contribution in [0.5, 0.6) is 0 Å². The molecule has 0 amide bonds. The fourth-order valence-electron chi connectivity index (χ4n) is 4.03. The third kappa shape index (κ3) is 3.76. The zero-order valence-electron chi connectivity index (χ0n) is 17.2. The lowest BCUT2D eigenvalue weighted by atomic mass is 9.89. The van der Waals surface area contributed by atoms with Gasteiger partial charge in [-0.3, -0.25) is 4.98 Å². The zero-order chi connectivity index (χ0) is 21.2. The quantitative estimate of drug-likeness (QED) is 0.451. The highest BCUT2D eigenvalue weighted by Gasteiger charge is 2.16. The molecular weight excluding hydrogens is 382 g/mol. The largest absolute Gasteiger partial charge is 0.343 e. The van der Waals surface area contributed by atoms with Crippen LogP contribution in [0.25, 0.3) is 32.9 Å². The molecule has 31 heavy (non-hydrogen) atoms. The van der Waals surface area contributed by atoms with E-state index >= 15 is 0 Å². The number of allylic oxidation sites excluding steroid dienone is 4. The molecule has 5 nitrogen and oxygen atoms in total. The minimum Gasteiger partial charge on any atom is -0.343 e. The van der Waals surface area contributed by atoms with Crippen LogP contribution >= 0.6 is 0 Å². The van der Waals surface area contributed by atoms with Gasteiger partial charge in [0.25, 0.3) is 0 Å². The predicted octanol–water partition coefficient (Wildman–Crippen LogP) is 6.02. The third-order valence-electron chi connectivity index (χ3n) is 5.78. The second-order valence-corrected chi connectivity index (χ2v) is 7.87. The first-order valence-electron chi connectivity index (χ1n) is 10.3. The molecule has 0 unspecified atom stereocenters. The van der Waals surface area contributed by atoms with Crippen LogP contribution in [-0.4, -0.2) is 15.0 Å². The van der Waals surface area contributed by atoms with Crippen molar-refractivity contribution in [2.45, 2.75) is 19.8 Å². The number of hydrogen-bond acceptors (Lipinski definition) is 5. The van der Waals surface area contributed by atoms with Gasteiger partial charge in [-0.25, -0.2) is 9.97 Å². The Kier molecular flexibility index (Phi) is 4.89. The third-order valence-corrected chi connectivity index (χ3v) is 5.78. The molecule has 0 saturated heterocycles. The molecule has 0 radical (unpaired) electrons. The van der Waals surface area contributed by atoms with Gasteiger partial charge in [0, 0.05) is 28.2 Å². The summed E-state index contributed by atoms with van der Waals surface area (Å²) in [6, 6.07) is 18.7. The molecule has 2 heterocycles. The first-order valence-corrected chi connectivity index (χ1v) is 10.3. The molecule has 150 valence electrons. The number of benzene rings is 2. The number of hydrogen-bond donors (Lipinski definition) is 1. The Hall–Kier alpha value is -4.04. The number of pyridine rings is 1. The second kappa shape index (κ2) is 8.00. The van der Waals surface area contributed by atoms with Crippen LogP contribution in [0.4, 0.5) is 5.82 Å². The van der Waals surface area contributed by atoms with Gasteiger partial charge in [-0.05, 0) is 48.2 Å². The molecular formula is C26H21N5. The summed E-state index contributed by atoms with van der Waals surface area (Å²) < 4.78 is 0. The van der Waals surface area contributed by atoms with Crippen molar-refractivity contribution >= 4 is 27.6 Å². The molecule has 0 fully saturated rings. The van der Waals surface area contributed by atoms with E-state index in [4.69, 9.17) is 5.26 Å². The molecule has 5 rings (SSSR count). The van der Waals surface area contributed by atoms with Gasteiger partial charge in [0.05, 0.1) is 23.5 Å². The van der Waals surface area contributed by atoms with Gasteiger partial charge in [-0.1, -0.05) is 42.8 Å². The Labute approximate surface area is 180 Å². The predicted molar refractivity (Wildman–Crippen MR) is 124 cm³/mol. The maximum Gasteiger partial charge on any atom is 0.141 e. The van der Waals surface area contributed by atoms with E-state index in [-0.39, 0.29) is 0 Å². The molecule has 1 aliphatic carbocycles. The van der Waals surface area contributed by atoms with Crippen molar-refractivity contribution in [3.05, 3.63) is 84.5 Å². The summed E-state index contributed by atoms with van der Waals surface area (Å²) in [6.45, 7) is 2.15. The molecule has 0 saturated carbocycles. The average Bonchev–Trinajstić information content (AvgIpc) is 2.80. The first-order chi connectivity index (χ1) is 15.2. The lowest BCUT2D eigenvalue weighted by Crippen LogP contribution is -2.11. The summed E-state index contributed by atoms with van der Waals surface area (Å²) in [7, 11) is 0. The van der Waals surface area contributed by atoms with Gasteiger partial charge in [-0.15, -0.1) is 0 Å². The van der Waals surface area contributed by atoms with E-state index < -0.39 is 0 Å². The van der Waals surface area contributed by atoms with Crippen molar-refractivity contribution in [1.29, 1.82) is 5.26 Å². The molecule has 0 aliphatic heterocycles. The molecule has 0 bridgehead atoms. The van der Waals surface area contributed by atoms with Crippen LogP contribution < -0.4 is 5.32 Å². The van der Waals surface area contributed by atoms with Crippen LogP contribution in [0.2, 0.25) is 0 Å². The lowest BCUT2D eigenvalue weighted by molar-refractivity contribution is 0.651. The standard InChI is InChI=1S/C26H21N5/c1-17-12-22(8-6-18(17)10-11-27)31-26-23-14-19(7-9-25(23)29-16-30-26)21-13-20-4-2-3-5-24(20)28-15-21/h2-9,13-17H,10,12H2,1H3,(H,29,30,31)/t17-/m1/s1. The number of fused-ring (bicyclic) bond motifs is 2. The van der Waals surface area contributed by atoms with E-state index in [0.29, 0.717) is 12.3 Å². The maximum absolute atomic E-state index is 8.99. The summed E-state index contributed by atoms with van der Waals surface area (Å²) >= 11 is 0. The number of para-hydroxylation sites is 1. The molecule has 4 aromatic rings. The molecule has 1 N–H and O–H groups in total. The molecule has 2 aromatic carbocycles. The van der Waals surface area contributed by atoms with Crippen molar-refractivity contribution < 1.29 is 0 Å². The van der Waals surface area contributed by atoms with Crippen LogP contribution in [0, 0.1) is 17.2 Å². The van der Waals surface area contributed by atoms with Crippen LogP contribution in [0.15, 0.2) is 84.5 Å². The summed E-state index contributed by atoms with van der Waals surface area (Å²) in [5.74, 6) is 1.12. The number of rotatable bonds is 4. The zero-order valence-corrected chi connectivity index (χ0v) is 17.2. The first kappa shape index (κ1) is 19.0. The Morgan fingerprint density at radius 2 is 1.90 bits per heavy atom. The second-order valence-electron chi connectivity index (χ2n) is 7.87. The SMILES string of the molecule is C[C@@H]1CC(Nc2ncnc3ccc(-c4cnc5ccccc5c4)cc23)=CC=C1CC#N. The average molecular weight is 403 g/mol. The highest BCUT2D eigenvalue weighted by atomic mass is 15.0. The molecule has 1 aliphatic rings. The molecule has 0 spiro atoms. The van der Waals surface area contributed by atoms with E-state index in [1.54, 1.807) is 6.33 Å². The number of anilines is 1. The van der Waals surface area contributed by atoms with Crippen LogP contribution in [0.1, 0.15) is 19.8 Å². The minimum atomic E-state index is 0.333. The summed E-state index contributed by atoms with van der Waals surface area (Å²) in [5.41, 5.74) is 6.27. The van der Waals surface area contributed by atoms with Crippen molar-refractivity contribution in [2.24, 2.45) is 5.92 Å². The Morgan fingerprint density at radius 1 is 1.00 bits per heavy atom. The van der Waals surface area contributed by atoms with Crippen molar-refractivity contribution in [1.82, 2.24) is 15.0 Å².